The molecule has 2 amide bonds. The van der Waals surface area contributed by atoms with Gasteiger partial charge in [0.1, 0.15) is 0 Å². The molecule has 0 spiro atoms. The summed E-state index contributed by atoms with van der Waals surface area (Å²) >= 11 is 0. The van der Waals surface area contributed by atoms with E-state index in [4.69, 9.17) is 15.8 Å². The van der Waals surface area contributed by atoms with Crippen molar-refractivity contribution in [1.82, 2.24) is 4.90 Å². The third-order valence-electron chi connectivity index (χ3n) is 1.52. The van der Waals surface area contributed by atoms with Gasteiger partial charge in [0.25, 0.3) is 0 Å². The zero-order valence-electron chi connectivity index (χ0n) is 11.8. The van der Waals surface area contributed by atoms with Crippen LogP contribution >= 0.6 is 0 Å². The summed E-state index contributed by atoms with van der Waals surface area (Å²) < 4.78 is 0. The van der Waals surface area contributed by atoms with Crippen molar-refractivity contribution in [3.63, 3.8) is 0 Å². The number of hydrogen-bond acceptors (Lipinski definition) is 5. The molecule has 0 aliphatic heterocycles. The van der Waals surface area contributed by atoms with Crippen LogP contribution in [0.3, 0.4) is 0 Å². The predicted octanol–water partition coefficient (Wildman–Crippen LogP) is 0.850. The first-order valence-electron chi connectivity index (χ1n) is 5.63. The Kier molecular flexibility index (Phi) is 20.7. The minimum absolute atomic E-state index is 0.0829. The summed E-state index contributed by atoms with van der Waals surface area (Å²) in [4.78, 5) is 21.6. The lowest BCUT2D eigenvalue weighted by molar-refractivity contribution is -0.128. The second-order valence-corrected chi connectivity index (χ2v) is 3.27. The Balaban J connectivity index is -0.000000297. The average Bonchev–Trinajstić information content (AvgIpc) is 2.38. The molecule has 0 heterocycles. The van der Waals surface area contributed by atoms with Gasteiger partial charge in [-0.2, -0.15) is 15.8 Å². The fourth-order valence-electron chi connectivity index (χ4n) is 0.797. The summed E-state index contributed by atoms with van der Waals surface area (Å²) in [5, 5.41) is 24.0. The summed E-state index contributed by atoms with van der Waals surface area (Å²) in [6.07, 6.45) is 1.83. The topological polar surface area (TPSA) is 135 Å². The van der Waals surface area contributed by atoms with Crippen molar-refractivity contribution in [3.8, 4) is 18.2 Å². The van der Waals surface area contributed by atoms with Crippen molar-refractivity contribution in [2.24, 2.45) is 5.73 Å². The molecule has 108 valence electrons. The van der Waals surface area contributed by atoms with Gasteiger partial charge in [-0.25, -0.2) is 0 Å². The van der Waals surface area contributed by atoms with E-state index in [2.05, 4.69) is 12.3 Å². The monoisotopic (exact) mass is 277 g/mol. The van der Waals surface area contributed by atoms with Crippen molar-refractivity contribution in [2.75, 3.05) is 13.1 Å². The number of primary amides is 1. The van der Waals surface area contributed by atoms with Gasteiger partial charge in [0.2, 0.25) is 11.8 Å². The summed E-state index contributed by atoms with van der Waals surface area (Å²) in [6, 6.07) is 5.60. The fourth-order valence-corrected chi connectivity index (χ4v) is 0.797. The van der Waals surface area contributed by atoms with E-state index in [0.29, 0.717) is 25.9 Å². The number of nitrogens with two attached hydrogens (primary N) is 1. The van der Waals surface area contributed by atoms with Crippen LogP contribution in [0.25, 0.3) is 0 Å². The van der Waals surface area contributed by atoms with Crippen LogP contribution in [-0.2, 0) is 9.59 Å². The fraction of sp³-hybridized carbons (Fsp3) is 0.462. The van der Waals surface area contributed by atoms with Crippen LogP contribution in [0.1, 0.15) is 26.7 Å². The number of amides is 2. The number of hydrogen-bond donors (Lipinski definition) is 1. The molecule has 0 bridgehead atoms. The minimum Gasteiger partial charge on any atom is -0.370 e. The van der Waals surface area contributed by atoms with Crippen LogP contribution in [0.15, 0.2) is 12.7 Å². The maximum atomic E-state index is 10.9. The van der Waals surface area contributed by atoms with Gasteiger partial charge < -0.3 is 10.6 Å². The number of nitrogens with zero attached hydrogens (tertiary/aromatic N) is 4. The van der Waals surface area contributed by atoms with Crippen LogP contribution in [0.2, 0.25) is 0 Å². The molecular formula is C13H19N5O2. The number of rotatable bonds is 4. The van der Waals surface area contributed by atoms with E-state index in [1.807, 2.05) is 12.1 Å². The molecule has 20 heavy (non-hydrogen) atoms. The van der Waals surface area contributed by atoms with Crippen molar-refractivity contribution in [1.29, 1.82) is 15.8 Å². The molecule has 0 aromatic carbocycles. The van der Waals surface area contributed by atoms with Gasteiger partial charge in [0.05, 0.1) is 31.0 Å². The zero-order chi connectivity index (χ0) is 16.4. The molecule has 0 aliphatic rings. The lowest BCUT2D eigenvalue weighted by atomic mass is 10.3. The second-order valence-electron chi connectivity index (χ2n) is 3.27. The normalized spacial score (nSPS) is 6.95. The standard InChI is InChI=1S/C8H11N3O.C3H3N.C2H5NO/c1-8(12)11(6-2-4-9)7-3-5-10;1-2-3-4;1-2(3)4/h2-3,6-7H2,1H3;2H,1H2;1H3,(H2,3,4). The van der Waals surface area contributed by atoms with Gasteiger partial charge in [-0.3, -0.25) is 9.59 Å². The Morgan fingerprint density at radius 2 is 1.45 bits per heavy atom. The van der Waals surface area contributed by atoms with Crippen molar-refractivity contribution in [2.45, 2.75) is 26.7 Å². The molecular weight excluding hydrogens is 258 g/mol. The largest absolute Gasteiger partial charge is 0.370 e. The maximum absolute atomic E-state index is 10.9. The second kappa shape index (κ2) is 18.5. The van der Waals surface area contributed by atoms with Crippen LogP contribution in [0, 0.1) is 34.0 Å². The van der Waals surface area contributed by atoms with Gasteiger partial charge in [-0.15, -0.1) is 0 Å². The predicted molar refractivity (Wildman–Crippen MR) is 73.4 cm³/mol. The quantitative estimate of drug-likeness (QED) is 0.760. The minimum atomic E-state index is -0.333. The molecule has 0 rings (SSSR count). The Hall–Kier alpha value is -2.85. The van der Waals surface area contributed by atoms with Crippen LogP contribution < -0.4 is 5.73 Å². The highest BCUT2D eigenvalue weighted by Crippen LogP contribution is 1.93. The highest BCUT2D eigenvalue weighted by atomic mass is 16.2. The SMILES string of the molecule is C=CC#N.CC(=O)N(CCC#N)CCC#N.CC(N)=O. The molecule has 7 heteroatoms. The molecule has 0 radical (unpaired) electrons. The maximum Gasteiger partial charge on any atom is 0.219 e. The first-order chi connectivity index (χ1) is 9.37. The van der Waals surface area contributed by atoms with Crippen molar-refractivity contribution < 1.29 is 9.59 Å². The molecule has 0 aromatic rings. The van der Waals surface area contributed by atoms with Crippen molar-refractivity contribution >= 4 is 11.8 Å². The van der Waals surface area contributed by atoms with E-state index in [0.717, 1.165) is 0 Å². The molecule has 0 aromatic heterocycles. The highest BCUT2D eigenvalue weighted by Gasteiger charge is 2.06. The first-order valence-corrected chi connectivity index (χ1v) is 5.63. The van der Waals surface area contributed by atoms with Gasteiger partial charge in [-0.05, 0) is 0 Å². The molecule has 0 atom stereocenters. The van der Waals surface area contributed by atoms with Crippen LogP contribution in [-0.4, -0.2) is 29.8 Å². The highest BCUT2D eigenvalue weighted by molar-refractivity contribution is 5.73. The molecule has 0 aliphatic carbocycles. The summed E-state index contributed by atoms with van der Waals surface area (Å²) in [6.45, 7) is 6.71. The molecule has 0 fully saturated rings. The Morgan fingerprint density at radius 3 is 1.60 bits per heavy atom. The summed E-state index contributed by atoms with van der Waals surface area (Å²) in [5.74, 6) is -0.416. The Morgan fingerprint density at radius 1 is 1.15 bits per heavy atom. The van der Waals surface area contributed by atoms with Crippen LogP contribution in [0.4, 0.5) is 0 Å². The lowest BCUT2D eigenvalue weighted by Crippen LogP contribution is -2.30. The van der Waals surface area contributed by atoms with E-state index in [9.17, 15) is 9.59 Å². The third kappa shape index (κ3) is 29.4. The van der Waals surface area contributed by atoms with E-state index in [-0.39, 0.29) is 11.8 Å². The van der Waals surface area contributed by atoms with Gasteiger partial charge in [0, 0.05) is 33.0 Å². The molecule has 0 saturated carbocycles. The number of carbonyl (C=O) groups is 2. The number of nitriles is 3. The third-order valence-corrected chi connectivity index (χ3v) is 1.52. The number of carbonyl (C=O) groups excluding carboxylic acids is 2. The summed E-state index contributed by atoms with van der Waals surface area (Å²) in [5.41, 5.74) is 4.47. The van der Waals surface area contributed by atoms with E-state index >= 15 is 0 Å². The van der Waals surface area contributed by atoms with E-state index in [1.54, 1.807) is 6.07 Å². The Labute approximate surface area is 119 Å². The smallest absolute Gasteiger partial charge is 0.219 e. The van der Waals surface area contributed by atoms with Crippen LogP contribution in [0.5, 0.6) is 0 Å². The average molecular weight is 277 g/mol. The van der Waals surface area contributed by atoms with Crippen molar-refractivity contribution in [3.05, 3.63) is 12.7 Å². The zero-order valence-corrected chi connectivity index (χ0v) is 11.8. The van der Waals surface area contributed by atoms with Gasteiger partial charge >= 0.3 is 0 Å². The van der Waals surface area contributed by atoms with E-state index in [1.165, 1.54) is 24.8 Å². The first kappa shape index (κ1) is 22.3. The van der Waals surface area contributed by atoms with E-state index < -0.39 is 0 Å². The summed E-state index contributed by atoms with van der Waals surface area (Å²) in [7, 11) is 0. The molecule has 0 unspecified atom stereocenters. The van der Waals surface area contributed by atoms with Gasteiger partial charge in [-0.1, -0.05) is 6.58 Å². The molecule has 7 nitrogen and oxygen atoms in total. The molecule has 2 N–H and O–H groups in total. The van der Waals surface area contributed by atoms with Gasteiger partial charge in [0.15, 0.2) is 0 Å². The molecule has 0 saturated heterocycles. The Bertz CT molecular complexity index is 390. The number of allylic oxidation sites excluding steroid dienone is 1. The lowest BCUT2D eigenvalue weighted by Gasteiger charge is -2.17.